The molecule has 0 saturated carbocycles. The lowest BCUT2D eigenvalue weighted by Gasteiger charge is -2.11. The molecular weight excluding hydrogens is 374 g/mol. The average Bonchev–Trinajstić information content (AvgIpc) is 2.97. The summed E-state index contributed by atoms with van der Waals surface area (Å²) < 4.78 is 2.08. The maximum atomic E-state index is 12.1. The molecule has 1 heterocycles. The molecule has 0 aliphatic carbocycles. The van der Waals surface area contributed by atoms with E-state index in [9.17, 15) is 9.90 Å². The van der Waals surface area contributed by atoms with E-state index in [-0.39, 0.29) is 0 Å². The van der Waals surface area contributed by atoms with Crippen LogP contribution < -0.4 is 5.43 Å². The number of nitrogens with one attached hydrogen (secondary N) is 1. The van der Waals surface area contributed by atoms with Gasteiger partial charge in [0.15, 0.2) is 6.10 Å². The highest BCUT2D eigenvalue weighted by Gasteiger charge is 2.16. The van der Waals surface area contributed by atoms with Crippen molar-refractivity contribution in [3.8, 4) is 5.69 Å². The minimum atomic E-state index is -1.26. The van der Waals surface area contributed by atoms with Crippen LogP contribution in [0.4, 0.5) is 0 Å². The van der Waals surface area contributed by atoms with Gasteiger partial charge in [0.1, 0.15) is 0 Å². The Kier molecular flexibility index (Phi) is 5.97. The van der Waals surface area contributed by atoms with E-state index in [0.29, 0.717) is 10.6 Å². The predicted molar refractivity (Wildman–Crippen MR) is 112 cm³/mol. The molecule has 6 heteroatoms. The first-order valence-electron chi connectivity index (χ1n) is 8.90. The van der Waals surface area contributed by atoms with Gasteiger partial charge in [0.25, 0.3) is 5.91 Å². The summed E-state index contributed by atoms with van der Waals surface area (Å²) >= 11 is 6.26. The standard InChI is InChI=1S/C22H22ClN3O2/c1-14-9-10-19(12-20(14)23)26-15(2)11-18(16(26)3)13-24-25-22(28)21(27)17-7-5-4-6-8-17/h4-13,21,27H,1-3H3,(H,25,28)/b24-13-/t21-/m1/s1. The second-order valence-corrected chi connectivity index (χ2v) is 7.05. The molecule has 1 aromatic heterocycles. The molecule has 0 radical (unpaired) electrons. The fourth-order valence-corrected chi connectivity index (χ4v) is 3.22. The van der Waals surface area contributed by atoms with Crippen LogP contribution in [0, 0.1) is 20.8 Å². The van der Waals surface area contributed by atoms with Gasteiger partial charge in [0.05, 0.1) is 6.21 Å². The maximum Gasteiger partial charge on any atom is 0.273 e. The van der Waals surface area contributed by atoms with Crippen molar-refractivity contribution < 1.29 is 9.90 Å². The van der Waals surface area contributed by atoms with E-state index in [4.69, 9.17) is 11.6 Å². The third kappa shape index (κ3) is 4.16. The third-order valence-electron chi connectivity index (χ3n) is 4.63. The normalized spacial score (nSPS) is 12.3. The molecule has 3 rings (SSSR count). The van der Waals surface area contributed by atoms with E-state index in [2.05, 4.69) is 15.1 Å². The van der Waals surface area contributed by atoms with Crippen LogP contribution in [0.25, 0.3) is 5.69 Å². The van der Waals surface area contributed by atoms with E-state index in [1.54, 1.807) is 30.5 Å². The number of carbonyl (C=O) groups is 1. The summed E-state index contributed by atoms with van der Waals surface area (Å²) in [6, 6.07) is 16.6. The van der Waals surface area contributed by atoms with E-state index in [0.717, 1.165) is 28.2 Å². The molecule has 0 bridgehead atoms. The highest BCUT2D eigenvalue weighted by atomic mass is 35.5. The number of aromatic nitrogens is 1. The van der Waals surface area contributed by atoms with Crippen LogP contribution in [0.3, 0.4) is 0 Å². The summed E-state index contributed by atoms with van der Waals surface area (Å²) in [5.41, 5.74) is 7.76. The summed E-state index contributed by atoms with van der Waals surface area (Å²) in [5.74, 6) is -0.582. The lowest BCUT2D eigenvalue weighted by molar-refractivity contribution is -0.129. The minimum Gasteiger partial charge on any atom is -0.378 e. The Balaban J connectivity index is 1.76. The Hall–Kier alpha value is -2.89. The first kappa shape index (κ1) is 19.9. The van der Waals surface area contributed by atoms with Crippen LogP contribution >= 0.6 is 11.6 Å². The number of aliphatic hydroxyl groups excluding tert-OH is 1. The molecule has 0 unspecified atom stereocenters. The molecule has 28 heavy (non-hydrogen) atoms. The smallest absolute Gasteiger partial charge is 0.273 e. The molecule has 144 valence electrons. The molecule has 0 aliphatic rings. The van der Waals surface area contributed by atoms with Crippen molar-refractivity contribution in [3.05, 3.63) is 87.7 Å². The quantitative estimate of drug-likeness (QED) is 0.501. The van der Waals surface area contributed by atoms with Crippen LogP contribution in [0.15, 0.2) is 59.7 Å². The second kappa shape index (κ2) is 8.42. The SMILES string of the molecule is Cc1ccc(-n2c(C)cc(/C=N\NC(=O)[C@H](O)c3ccccc3)c2C)cc1Cl. The van der Waals surface area contributed by atoms with Crippen molar-refractivity contribution in [2.75, 3.05) is 0 Å². The lowest BCUT2D eigenvalue weighted by Crippen LogP contribution is -2.25. The van der Waals surface area contributed by atoms with Crippen LogP contribution in [-0.4, -0.2) is 21.8 Å². The van der Waals surface area contributed by atoms with Crippen LogP contribution in [0.2, 0.25) is 5.02 Å². The van der Waals surface area contributed by atoms with Gasteiger partial charge in [0, 0.05) is 27.7 Å². The number of amides is 1. The van der Waals surface area contributed by atoms with Gasteiger partial charge in [-0.15, -0.1) is 0 Å². The first-order valence-corrected chi connectivity index (χ1v) is 9.27. The van der Waals surface area contributed by atoms with E-state index < -0.39 is 12.0 Å². The Labute approximate surface area is 169 Å². The molecule has 0 fully saturated rings. The van der Waals surface area contributed by atoms with E-state index in [1.165, 1.54) is 0 Å². The Morgan fingerprint density at radius 2 is 1.86 bits per heavy atom. The fraction of sp³-hybridized carbons (Fsp3) is 0.182. The van der Waals surface area contributed by atoms with Crippen LogP contribution in [-0.2, 0) is 4.79 Å². The molecule has 0 spiro atoms. The summed E-state index contributed by atoms with van der Waals surface area (Å²) in [5, 5.41) is 14.8. The summed E-state index contributed by atoms with van der Waals surface area (Å²) in [4.78, 5) is 12.1. The third-order valence-corrected chi connectivity index (χ3v) is 5.03. The van der Waals surface area contributed by atoms with Gasteiger partial charge in [0.2, 0.25) is 0 Å². The highest BCUT2D eigenvalue weighted by Crippen LogP contribution is 2.24. The highest BCUT2D eigenvalue weighted by molar-refractivity contribution is 6.31. The summed E-state index contributed by atoms with van der Waals surface area (Å²) in [6.07, 6.45) is 0.310. The number of benzene rings is 2. The molecule has 0 aliphatic heterocycles. The number of hydrogen-bond donors (Lipinski definition) is 2. The number of nitrogens with zero attached hydrogens (tertiary/aromatic N) is 2. The van der Waals surface area contributed by atoms with E-state index >= 15 is 0 Å². The number of carbonyl (C=O) groups excluding carboxylic acids is 1. The van der Waals surface area contributed by atoms with Crippen LogP contribution in [0.5, 0.6) is 0 Å². The molecule has 2 aromatic carbocycles. The Bertz CT molecular complexity index is 1030. The maximum absolute atomic E-state index is 12.1. The molecule has 5 nitrogen and oxygen atoms in total. The Morgan fingerprint density at radius 3 is 2.54 bits per heavy atom. The largest absolute Gasteiger partial charge is 0.378 e. The Morgan fingerprint density at radius 1 is 1.14 bits per heavy atom. The van der Waals surface area contributed by atoms with Gasteiger partial charge in [-0.1, -0.05) is 48.0 Å². The number of aliphatic hydroxyl groups is 1. The minimum absolute atomic E-state index is 0.518. The summed E-state index contributed by atoms with van der Waals surface area (Å²) in [7, 11) is 0. The topological polar surface area (TPSA) is 66.6 Å². The van der Waals surface area contributed by atoms with Crippen molar-refractivity contribution in [3.63, 3.8) is 0 Å². The van der Waals surface area contributed by atoms with Crippen molar-refractivity contribution >= 4 is 23.7 Å². The van der Waals surface area contributed by atoms with Crippen molar-refractivity contribution in [1.29, 1.82) is 0 Å². The van der Waals surface area contributed by atoms with Gasteiger partial charge in [-0.05, 0) is 50.1 Å². The molecule has 1 atom stereocenters. The van der Waals surface area contributed by atoms with Gasteiger partial charge in [-0.25, -0.2) is 5.43 Å². The fourth-order valence-electron chi connectivity index (χ4n) is 3.05. The van der Waals surface area contributed by atoms with Crippen molar-refractivity contribution in [1.82, 2.24) is 9.99 Å². The van der Waals surface area contributed by atoms with Crippen LogP contribution in [0.1, 0.15) is 34.2 Å². The number of hydrogen-bond acceptors (Lipinski definition) is 3. The zero-order chi connectivity index (χ0) is 20.3. The average molecular weight is 396 g/mol. The molecular formula is C22H22ClN3O2. The zero-order valence-corrected chi connectivity index (χ0v) is 16.7. The molecule has 2 N–H and O–H groups in total. The molecule has 1 amide bonds. The monoisotopic (exact) mass is 395 g/mol. The zero-order valence-electron chi connectivity index (χ0n) is 16.0. The molecule has 3 aromatic rings. The van der Waals surface area contributed by atoms with Gasteiger partial charge in [-0.2, -0.15) is 5.10 Å². The van der Waals surface area contributed by atoms with Crippen molar-refractivity contribution in [2.45, 2.75) is 26.9 Å². The van der Waals surface area contributed by atoms with Gasteiger partial charge in [-0.3, -0.25) is 4.79 Å². The lowest BCUT2D eigenvalue weighted by atomic mass is 10.1. The number of rotatable bonds is 5. The van der Waals surface area contributed by atoms with Gasteiger partial charge < -0.3 is 9.67 Å². The second-order valence-electron chi connectivity index (χ2n) is 6.64. The van der Waals surface area contributed by atoms with E-state index in [1.807, 2.05) is 51.1 Å². The predicted octanol–water partition coefficient (Wildman–Crippen LogP) is 4.24. The summed E-state index contributed by atoms with van der Waals surface area (Å²) in [6.45, 7) is 5.94. The van der Waals surface area contributed by atoms with Crippen molar-refractivity contribution in [2.24, 2.45) is 5.10 Å². The first-order chi connectivity index (χ1) is 13.4. The number of aryl methyl sites for hydroxylation is 2. The number of halogens is 1. The molecule has 0 saturated heterocycles. The van der Waals surface area contributed by atoms with Gasteiger partial charge >= 0.3 is 0 Å². The number of hydrazone groups is 1.